The molecule has 0 radical (unpaired) electrons. The molecule has 18 heavy (non-hydrogen) atoms. The van der Waals surface area contributed by atoms with Crippen molar-refractivity contribution in [2.75, 3.05) is 0 Å². The van der Waals surface area contributed by atoms with Crippen molar-refractivity contribution in [2.45, 2.75) is 53.9 Å². The second-order valence-electron chi connectivity index (χ2n) is 6.12. The van der Waals surface area contributed by atoms with E-state index in [1.54, 1.807) is 0 Å². The van der Waals surface area contributed by atoms with Gasteiger partial charge in [0.1, 0.15) is 0 Å². The lowest BCUT2D eigenvalue weighted by molar-refractivity contribution is 0.0658. The number of carboxylic acid groups (broad SMARTS) is 1. The fourth-order valence-corrected chi connectivity index (χ4v) is 2.31. The van der Waals surface area contributed by atoms with Crippen molar-refractivity contribution >= 4 is 5.97 Å². The van der Waals surface area contributed by atoms with Gasteiger partial charge >= 0.3 is 5.97 Å². The summed E-state index contributed by atoms with van der Waals surface area (Å²) < 4.78 is 5.34. The zero-order chi connectivity index (χ0) is 13.9. The summed E-state index contributed by atoms with van der Waals surface area (Å²) in [7, 11) is 0. The van der Waals surface area contributed by atoms with E-state index >= 15 is 0 Å². The number of hydrogen-bond donors (Lipinski definition) is 1. The molecule has 1 atom stereocenters. The Balaban J connectivity index is 2.76. The van der Waals surface area contributed by atoms with Gasteiger partial charge in [-0.15, -0.1) is 0 Å². The van der Waals surface area contributed by atoms with Crippen LogP contribution in [0.2, 0.25) is 0 Å². The molecule has 4 heteroatoms. The lowest BCUT2D eigenvalue weighted by Gasteiger charge is -2.22. The van der Waals surface area contributed by atoms with Crippen LogP contribution in [0.5, 0.6) is 0 Å². The Bertz CT molecular complexity index is 415. The summed E-state index contributed by atoms with van der Waals surface area (Å²) in [6.07, 6.45) is 2.33. The average molecular weight is 253 g/mol. The number of oxazole rings is 1. The van der Waals surface area contributed by atoms with Crippen LogP contribution < -0.4 is 0 Å². The highest BCUT2D eigenvalue weighted by atomic mass is 16.4. The molecule has 1 rings (SSSR count). The molecule has 1 aromatic rings. The van der Waals surface area contributed by atoms with E-state index in [1.807, 2.05) is 6.92 Å². The smallest absolute Gasteiger partial charge is 0.373 e. The Morgan fingerprint density at radius 3 is 2.44 bits per heavy atom. The van der Waals surface area contributed by atoms with Gasteiger partial charge < -0.3 is 9.52 Å². The number of aromatic carboxylic acids is 1. The molecule has 0 amide bonds. The molecule has 0 spiro atoms. The maximum Gasteiger partial charge on any atom is 0.373 e. The number of rotatable bonds is 5. The maximum absolute atomic E-state index is 11.0. The molecular formula is C14H23NO3. The summed E-state index contributed by atoms with van der Waals surface area (Å²) in [5.74, 6) is -0.0689. The third kappa shape index (κ3) is 4.17. The normalized spacial score (nSPS) is 13.6. The Hall–Kier alpha value is -1.32. The van der Waals surface area contributed by atoms with E-state index < -0.39 is 5.97 Å². The lowest BCUT2D eigenvalue weighted by atomic mass is 9.84. The number of aryl methyl sites for hydroxylation is 1. The molecule has 0 aromatic carbocycles. The molecule has 1 aromatic heterocycles. The SMILES string of the molecule is CCc1nc(CC(C)CC(C)(C)C)oc1C(=O)O. The molecule has 1 N–H and O–H groups in total. The van der Waals surface area contributed by atoms with Gasteiger partial charge in [0.25, 0.3) is 0 Å². The molecule has 0 bridgehead atoms. The van der Waals surface area contributed by atoms with Crippen molar-refractivity contribution in [1.29, 1.82) is 0 Å². The molecule has 0 saturated heterocycles. The van der Waals surface area contributed by atoms with Gasteiger partial charge in [-0.3, -0.25) is 0 Å². The van der Waals surface area contributed by atoms with Gasteiger partial charge in [0.2, 0.25) is 5.76 Å². The Labute approximate surface area is 108 Å². The van der Waals surface area contributed by atoms with Crippen molar-refractivity contribution in [1.82, 2.24) is 4.98 Å². The molecule has 4 nitrogen and oxygen atoms in total. The average Bonchev–Trinajstić information content (AvgIpc) is 2.57. The Kier molecular flexibility index (Phi) is 4.54. The van der Waals surface area contributed by atoms with Crippen molar-refractivity contribution in [3.8, 4) is 0 Å². The highest BCUT2D eigenvalue weighted by Crippen LogP contribution is 2.26. The van der Waals surface area contributed by atoms with E-state index in [1.165, 1.54) is 0 Å². The van der Waals surface area contributed by atoms with E-state index in [0.717, 1.165) is 6.42 Å². The predicted octanol–water partition coefficient (Wildman–Crippen LogP) is 3.55. The summed E-state index contributed by atoms with van der Waals surface area (Å²) in [5.41, 5.74) is 0.801. The number of aromatic nitrogens is 1. The van der Waals surface area contributed by atoms with Gasteiger partial charge in [-0.25, -0.2) is 9.78 Å². The highest BCUT2D eigenvalue weighted by molar-refractivity contribution is 5.85. The molecule has 0 aliphatic rings. The minimum atomic E-state index is -1.03. The van der Waals surface area contributed by atoms with Crippen LogP contribution in [0.25, 0.3) is 0 Å². The quantitative estimate of drug-likeness (QED) is 0.871. The summed E-state index contributed by atoms with van der Waals surface area (Å²) in [6, 6.07) is 0. The van der Waals surface area contributed by atoms with Crippen LogP contribution in [0.15, 0.2) is 4.42 Å². The minimum absolute atomic E-state index is 0.00420. The zero-order valence-corrected chi connectivity index (χ0v) is 11.9. The van der Waals surface area contributed by atoms with Crippen LogP contribution in [-0.2, 0) is 12.8 Å². The molecule has 0 aliphatic carbocycles. The summed E-state index contributed by atoms with van der Waals surface area (Å²) >= 11 is 0. The second-order valence-corrected chi connectivity index (χ2v) is 6.12. The number of carbonyl (C=O) groups is 1. The third-order valence-corrected chi connectivity index (χ3v) is 2.75. The number of carboxylic acids is 1. The van der Waals surface area contributed by atoms with Gasteiger partial charge in [-0.2, -0.15) is 0 Å². The first-order valence-corrected chi connectivity index (χ1v) is 6.44. The standard InChI is InChI=1S/C14H23NO3/c1-6-10-12(13(16)17)18-11(15-10)7-9(2)8-14(3,4)5/h9H,6-8H2,1-5H3,(H,16,17). The van der Waals surface area contributed by atoms with Gasteiger partial charge in [0.05, 0.1) is 5.69 Å². The summed E-state index contributed by atoms with van der Waals surface area (Å²) in [5, 5.41) is 9.00. The van der Waals surface area contributed by atoms with Crippen molar-refractivity contribution < 1.29 is 14.3 Å². The predicted molar refractivity (Wildman–Crippen MR) is 69.8 cm³/mol. The van der Waals surface area contributed by atoms with Crippen molar-refractivity contribution in [3.05, 3.63) is 17.3 Å². The maximum atomic E-state index is 11.0. The van der Waals surface area contributed by atoms with Crippen LogP contribution in [0.1, 0.15) is 63.2 Å². The van der Waals surface area contributed by atoms with Crippen molar-refractivity contribution in [3.63, 3.8) is 0 Å². The van der Waals surface area contributed by atoms with Crippen LogP contribution >= 0.6 is 0 Å². The molecule has 0 saturated carbocycles. The van der Waals surface area contributed by atoms with Gasteiger partial charge in [-0.1, -0.05) is 34.6 Å². The van der Waals surface area contributed by atoms with Crippen LogP contribution in [-0.4, -0.2) is 16.1 Å². The monoisotopic (exact) mass is 253 g/mol. The second kappa shape index (κ2) is 5.55. The fraction of sp³-hybridized carbons (Fsp3) is 0.714. The van der Waals surface area contributed by atoms with E-state index in [4.69, 9.17) is 9.52 Å². The van der Waals surface area contributed by atoms with Crippen LogP contribution in [0.3, 0.4) is 0 Å². The number of hydrogen-bond acceptors (Lipinski definition) is 3. The highest BCUT2D eigenvalue weighted by Gasteiger charge is 2.21. The largest absolute Gasteiger partial charge is 0.475 e. The van der Waals surface area contributed by atoms with E-state index in [9.17, 15) is 4.79 Å². The molecule has 0 aliphatic heterocycles. The van der Waals surface area contributed by atoms with E-state index in [-0.39, 0.29) is 11.2 Å². The Morgan fingerprint density at radius 2 is 2.06 bits per heavy atom. The Morgan fingerprint density at radius 1 is 1.44 bits per heavy atom. The molecular weight excluding hydrogens is 230 g/mol. The van der Waals surface area contributed by atoms with Gasteiger partial charge in [0.15, 0.2) is 5.89 Å². The summed E-state index contributed by atoms with van der Waals surface area (Å²) in [6.45, 7) is 10.6. The molecule has 1 unspecified atom stereocenters. The van der Waals surface area contributed by atoms with Crippen LogP contribution in [0, 0.1) is 11.3 Å². The molecule has 102 valence electrons. The van der Waals surface area contributed by atoms with E-state index in [0.29, 0.717) is 30.3 Å². The molecule has 0 fully saturated rings. The van der Waals surface area contributed by atoms with Gasteiger partial charge in [0, 0.05) is 6.42 Å². The molecule has 1 heterocycles. The minimum Gasteiger partial charge on any atom is -0.475 e. The van der Waals surface area contributed by atoms with Crippen LogP contribution in [0.4, 0.5) is 0 Å². The third-order valence-electron chi connectivity index (χ3n) is 2.75. The first-order valence-electron chi connectivity index (χ1n) is 6.44. The lowest BCUT2D eigenvalue weighted by Crippen LogP contribution is -2.12. The summed E-state index contributed by atoms with van der Waals surface area (Å²) in [4.78, 5) is 15.2. The topological polar surface area (TPSA) is 63.3 Å². The van der Waals surface area contributed by atoms with Crippen molar-refractivity contribution in [2.24, 2.45) is 11.3 Å². The van der Waals surface area contributed by atoms with E-state index in [2.05, 4.69) is 32.7 Å². The zero-order valence-electron chi connectivity index (χ0n) is 11.9. The first kappa shape index (κ1) is 14.7. The number of nitrogens with zero attached hydrogens (tertiary/aromatic N) is 1. The first-order chi connectivity index (χ1) is 8.23. The van der Waals surface area contributed by atoms with Gasteiger partial charge in [-0.05, 0) is 24.2 Å². The fourth-order valence-electron chi connectivity index (χ4n) is 2.31.